The van der Waals surface area contributed by atoms with Gasteiger partial charge in [0.1, 0.15) is 5.76 Å². The number of rotatable bonds is 5. The van der Waals surface area contributed by atoms with Gasteiger partial charge in [0, 0.05) is 31.6 Å². The Balaban J connectivity index is 1.65. The molecule has 2 fully saturated rings. The fourth-order valence-corrected chi connectivity index (χ4v) is 4.21. The van der Waals surface area contributed by atoms with Crippen LogP contribution in [0.25, 0.3) is 0 Å². The Morgan fingerprint density at radius 3 is 2.83 bits per heavy atom. The minimum absolute atomic E-state index is 0.0775. The topological polar surface area (TPSA) is 95.7 Å². The SMILES string of the molecule is CCc1noc(CC)c1CNC(=O)N1C[C@@H]2CCC[C@@]2(C(=O)O)C1. The monoisotopic (exact) mass is 335 g/mol. The first-order chi connectivity index (χ1) is 11.5. The molecule has 0 unspecified atom stereocenters. The Hall–Kier alpha value is -2.05. The molecule has 1 aliphatic carbocycles. The number of hydrogen-bond donors (Lipinski definition) is 2. The standard InChI is InChI=1S/C17H25N3O4/c1-3-13-12(14(4-2)24-19-13)8-18-16(23)20-9-11-6-5-7-17(11,10-20)15(21)22/h11H,3-10H2,1-2H3,(H,18,23)(H,21,22)/t11-,17+/m0/s1. The molecule has 3 rings (SSSR count). The number of nitrogens with zero attached hydrogens (tertiary/aromatic N) is 2. The summed E-state index contributed by atoms with van der Waals surface area (Å²) in [6.45, 7) is 5.20. The van der Waals surface area contributed by atoms with Crippen molar-refractivity contribution in [2.45, 2.75) is 52.5 Å². The zero-order chi connectivity index (χ0) is 17.3. The summed E-state index contributed by atoms with van der Waals surface area (Å²) in [5, 5.41) is 16.6. The van der Waals surface area contributed by atoms with Crippen molar-refractivity contribution in [3.8, 4) is 0 Å². The van der Waals surface area contributed by atoms with Crippen LogP contribution in [0.4, 0.5) is 4.79 Å². The Kier molecular flexibility index (Phi) is 4.51. The van der Waals surface area contributed by atoms with E-state index in [1.807, 2.05) is 13.8 Å². The molecule has 1 aliphatic heterocycles. The van der Waals surface area contributed by atoms with E-state index in [2.05, 4.69) is 10.5 Å². The number of carbonyl (C=O) groups excluding carboxylic acids is 1. The van der Waals surface area contributed by atoms with Crippen LogP contribution in [0.15, 0.2) is 4.52 Å². The number of carboxylic acids is 1. The van der Waals surface area contributed by atoms with Crippen LogP contribution in [0.1, 0.15) is 50.1 Å². The molecule has 2 N–H and O–H groups in total. The number of carboxylic acid groups (broad SMARTS) is 1. The van der Waals surface area contributed by atoms with E-state index in [1.54, 1.807) is 4.90 Å². The number of hydrogen-bond acceptors (Lipinski definition) is 4. The number of aromatic nitrogens is 1. The van der Waals surface area contributed by atoms with E-state index < -0.39 is 11.4 Å². The maximum Gasteiger partial charge on any atom is 0.317 e. The van der Waals surface area contributed by atoms with Gasteiger partial charge in [-0.1, -0.05) is 25.4 Å². The molecule has 0 aromatic carbocycles. The highest BCUT2D eigenvalue weighted by Crippen LogP contribution is 2.48. The van der Waals surface area contributed by atoms with Crippen LogP contribution in [0.3, 0.4) is 0 Å². The van der Waals surface area contributed by atoms with Crippen molar-refractivity contribution >= 4 is 12.0 Å². The van der Waals surface area contributed by atoms with E-state index in [-0.39, 0.29) is 11.9 Å². The van der Waals surface area contributed by atoms with Gasteiger partial charge in [0.05, 0.1) is 11.1 Å². The molecule has 0 radical (unpaired) electrons. The van der Waals surface area contributed by atoms with Crippen LogP contribution < -0.4 is 5.32 Å². The van der Waals surface area contributed by atoms with Gasteiger partial charge < -0.3 is 19.8 Å². The van der Waals surface area contributed by atoms with Crippen molar-refractivity contribution in [1.29, 1.82) is 0 Å². The number of carbonyl (C=O) groups is 2. The molecule has 7 heteroatoms. The zero-order valence-corrected chi connectivity index (χ0v) is 14.3. The van der Waals surface area contributed by atoms with Gasteiger partial charge >= 0.3 is 12.0 Å². The van der Waals surface area contributed by atoms with Gasteiger partial charge in [0.2, 0.25) is 0 Å². The van der Waals surface area contributed by atoms with E-state index in [9.17, 15) is 14.7 Å². The number of aliphatic carboxylic acids is 1. The lowest BCUT2D eigenvalue weighted by atomic mass is 9.81. The van der Waals surface area contributed by atoms with E-state index >= 15 is 0 Å². The molecule has 2 aliphatic rings. The second-order valence-electron chi connectivity index (χ2n) is 6.83. The molecule has 1 saturated carbocycles. The molecule has 2 atom stereocenters. The summed E-state index contributed by atoms with van der Waals surface area (Å²) < 4.78 is 5.31. The largest absolute Gasteiger partial charge is 0.481 e. The molecule has 2 amide bonds. The third kappa shape index (κ3) is 2.65. The Bertz CT molecular complexity index is 620. The first kappa shape index (κ1) is 16.8. The predicted octanol–water partition coefficient (Wildman–Crippen LogP) is 2.20. The molecular formula is C17H25N3O4. The van der Waals surface area contributed by atoms with Crippen LogP contribution in [0, 0.1) is 11.3 Å². The maximum absolute atomic E-state index is 12.5. The van der Waals surface area contributed by atoms with Crippen molar-refractivity contribution in [3.05, 3.63) is 17.0 Å². The lowest BCUT2D eigenvalue weighted by Crippen LogP contribution is -2.41. The second kappa shape index (κ2) is 6.45. The molecule has 0 bridgehead atoms. The van der Waals surface area contributed by atoms with Crippen molar-refractivity contribution < 1.29 is 19.2 Å². The van der Waals surface area contributed by atoms with E-state index in [1.165, 1.54) is 0 Å². The summed E-state index contributed by atoms with van der Waals surface area (Å²) in [5.74, 6) is 0.113. The van der Waals surface area contributed by atoms with Gasteiger partial charge in [0.15, 0.2) is 0 Å². The minimum atomic E-state index is -0.763. The first-order valence-corrected chi connectivity index (χ1v) is 8.74. The van der Waals surface area contributed by atoms with Gasteiger partial charge in [0.25, 0.3) is 0 Å². The summed E-state index contributed by atoms with van der Waals surface area (Å²) in [6, 6.07) is -0.199. The number of likely N-dealkylation sites (tertiary alicyclic amines) is 1. The fraction of sp³-hybridized carbons (Fsp3) is 0.706. The van der Waals surface area contributed by atoms with Gasteiger partial charge in [-0.25, -0.2) is 4.79 Å². The van der Waals surface area contributed by atoms with E-state index in [4.69, 9.17) is 4.52 Å². The van der Waals surface area contributed by atoms with E-state index in [0.29, 0.717) is 26.1 Å². The summed E-state index contributed by atoms with van der Waals surface area (Å²) in [4.78, 5) is 25.9. The van der Waals surface area contributed by atoms with E-state index in [0.717, 1.165) is 42.7 Å². The average molecular weight is 335 g/mol. The van der Waals surface area contributed by atoms with Crippen LogP contribution in [-0.2, 0) is 24.2 Å². The molecule has 24 heavy (non-hydrogen) atoms. The molecule has 7 nitrogen and oxygen atoms in total. The molecule has 1 aromatic heterocycles. The summed E-state index contributed by atoms with van der Waals surface area (Å²) in [6.07, 6.45) is 3.98. The third-order valence-electron chi connectivity index (χ3n) is 5.61. The summed E-state index contributed by atoms with van der Waals surface area (Å²) >= 11 is 0. The number of amides is 2. The average Bonchev–Trinajstić information content (AvgIpc) is 3.23. The lowest BCUT2D eigenvalue weighted by molar-refractivity contribution is -0.149. The highest BCUT2D eigenvalue weighted by molar-refractivity contribution is 5.80. The Morgan fingerprint density at radius 1 is 1.42 bits per heavy atom. The highest BCUT2D eigenvalue weighted by atomic mass is 16.5. The second-order valence-corrected chi connectivity index (χ2v) is 6.83. The van der Waals surface area contributed by atoms with Crippen molar-refractivity contribution in [1.82, 2.24) is 15.4 Å². The van der Waals surface area contributed by atoms with Crippen LogP contribution in [0.2, 0.25) is 0 Å². The van der Waals surface area contributed by atoms with Gasteiger partial charge in [-0.05, 0) is 25.2 Å². The summed E-state index contributed by atoms with van der Waals surface area (Å²) in [7, 11) is 0. The number of urea groups is 1. The molecule has 1 aromatic rings. The van der Waals surface area contributed by atoms with Crippen molar-refractivity contribution in [2.75, 3.05) is 13.1 Å². The van der Waals surface area contributed by atoms with Crippen molar-refractivity contribution in [2.24, 2.45) is 11.3 Å². The molecule has 1 saturated heterocycles. The van der Waals surface area contributed by atoms with Crippen molar-refractivity contribution in [3.63, 3.8) is 0 Å². The number of nitrogens with one attached hydrogen (secondary N) is 1. The highest BCUT2D eigenvalue weighted by Gasteiger charge is 2.55. The number of aryl methyl sites for hydroxylation is 2. The van der Waals surface area contributed by atoms with Gasteiger partial charge in [-0.15, -0.1) is 0 Å². The quantitative estimate of drug-likeness (QED) is 0.860. The Morgan fingerprint density at radius 2 is 2.21 bits per heavy atom. The normalized spacial score (nSPS) is 25.8. The smallest absolute Gasteiger partial charge is 0.317 e. The van der Waals surface area contributed by atoms with Gasteiger partial charge in [-0.3, -0.25) is 4.79 Å². The zero-order valence-electron chi connectivity index (χ0n) is 14.3. The molecule has 2 heterocycles. The van der Waals surface area contributed by atoms with Gasteiger partial charge in [-0.2, -0.15) is 0 Å². The predicted molar refractivity (Wildman–Crippen MR) is 86.5 cm³/mol. The number of fused-ring (bicyclic) bond motifs is 1. The maximum atomic E-state index is 12.5. The lowest BCUT2D eigenvalue weighted by Gasteiger charge is -2.23. The molecule has 132 valence electrons. The van der Waals surface area contributed by atoms with Crippen LogP contribution in [-0.4, -0.2) is 40.3 Å². The summed E-state index contributed by atoms with van der Waals surface area (Å²) in [5.41, 5.74) is 1.07. The Labute approximate surface area is 141 Å². The van der Waals surface area contributed by atoms with Crippen LogP contribution >= 0.6 is 0 Å². The third-order valence-corrected chi connectivity index (χ3v) is 5.61. The first-order valence-electron chi connectivity index (χ1n) is 8.74. The van der Waals surface area contributed by atoms with Crippen LogP contribution in [0.5, 0.6) is 0 Å². The molecular weight excluding hydrogens is 310 g/mol. The minimum Gasteiger partial charge on any atom is -0.481 e. The fourth-order valence-electron chi connectivity index (χ4n) is 4.21. The molecule has 0 spiro atoms.